The topological polar surface area (TPSA) is 41.5 Å². The van der Waals surface area contributed by atoms with Crippen LogP contribution in [0.5, 0.6) is 0 Å². The molecule has 2 N–H and O–H groups in total. The Hall–Kier alpha value is 0.170. The molecular formula is C6H14ClNO2. The molecule has 1 aliphatic heterocycles. The number of hydrogen-bond donors (Lipinski definition) is 2. The molecule has 10 heavy (non-hydrogen) atoms. The molecule has 0 radical (unpaired) electrons. The SMILES string of the molecule is COC[C@@H]1C[C@@H](O)CN1.Cl. The summed E-state index contributed by atoms with van der Waals surface area (Å²) >= 11 is 0. The molecule has 1 heterocycles. The van der Waals surface area contributed by atoms with Gasteiger partial charge in [0.15, 0.2) is 0 Å². The normalized spacial score (nSPS) is 31.8. The van der Waals surface area contributed by atoms with E-state index in [4.69, 9.17) is 9.84 Å². The van der Waals surface area contributed by atoms with Gasteiger partial charge in [-0.15, -0.1) is 12.4 Å². The Balaban J connectivity index is 0.000000810. The summed E-state index contributed by atoms with van der Waals surface area (Å²) in [5.41, 5.74) is 0. The Labute approximate surface area is 67.2 Å². The third-order valence-corrected chi connectivity index (χ3v) is 1.57. The van der Waals surface area contributed by atoms with E-state index in [0.29, 0.717) is 19.2 Å². The quantitative estimate of drug-likeness (QED) is 0.598. The first-order valence-electron chi connectivity index (χ1n) is 3.23. The van der Waals surface area contributed by atoms with Crippen molar-refractivity contribution < 1.29 is 9.84 Å². The van der Waals surface area contributed by atoms with Crippen molar-refractivity contribution in [2.24, 2.45) is 0 Å². The van der Waals surface area contributed by atoms with Crippen LogP contribution < -0.4 is 5.32 Å². The highest BCUT2D eigenvalue weighted by molar-refractivity contribution is 5.85. The molecule has 1 fully saturated rings. The lowest BCUT2D eigenvalue weighted by Crippen LogP contribution is -2.25. The Morgan fingerprint density at radius 2 is 2.40 bits per heavy atom. The van der Waals surface area contributed by atoms with Crippen molar-refractivity contribution in [1.82, 2.24) is 5.32 Å². The first-order chi connectivity index (χ1) is 4.33. The lowest BCUT2D eigenvalue weighted by Gasteiger charge is -2.06. The maximum atomic E-state index is 9.01. The second kappa shape index (κ2) is 4.91. The average molecular weight is 168 g/mol. The van der Waals surface area contributed by atoms with Crippen LogP contribution in [0.4, 0.5) is 0 Å². The van der Waals surface area contributed by atoms with Gasteiger partial charge in [-0.3, -0.25) is 0 Å². The molecule has 0 aromatic heterocycles. The maximum absolute atomic E-state index is 9.01. The number of halogens is 1. The number of hydrogen-bond acceptors (Lipinski definition) is 3. The van der Waals surface area contributed by atoms with Gasteiger partial charge in [0.05, 0.1) is 12.7 Å². The van der Waals surface area contributed by atoms with Gasteiger partial charge < -0.3 is 15.2 Å². The molecule has 2 atom stereocenters. The number of aliphatic hydroxyl groups excluding tert-OH is 1. The summed E-state index contributed by atoms with van der Waals surface area (Å²) in [6.45, 7) is 1.42. The summed E-state index contributed by atoms with van der Waals surface area (Å²) in [6, 6.07) is 0.366. The van der Waals surface area contributed by atoms with E-state index in [9.17, 15) is 0 Å². The molecule has 62 valence electrons. The Bertz CT molecular complexity index is 89.8. The number of ether oxygens (including phenoxy) is 1. The van der Waals surface area contributed by atoms with E-state index in [0.717, 1.165) is 6.42 Å². The van der Waals surface area contributed by atoms with E-state index in [2.05, 4.69) is 5.32 Å². The van der Waals surface area contributed by atoms with Crippen molar-refractivity contribution in [2.75, 3.05) is 20.3 Å². The van der Waals surface area contributed by atoms with Gasteiger partial charge in [0, 0.05) is 19.7 Å². The molecule has 1 rings (SSSR count). The third kappa shape index (κ3) is 2.84. The van der Waals surface area contributed by atoms with Gasteiger partial charge in [-0.25, -0.2) is 0 Å². The van der Waals surface area contributed by atoms with Crippen molar-refractivity contribution in [2.45, 2.75) is 18.6 Å². The average Bonchev–Trinajstić information content (AvgIpc) is 2.17. The highest BCUT2D eigenvalue weighted by Gasteiger charge is 2.20. The zero-order valence-electron chi connectivity index (χ0n) is 6.04. The second-order valence-electron chi connectivity index (χ2n) is 2.45. The van der Waals surface area contributed by atoms with E-state index in [1.165, 1.54) is 0 Å². The van der Waals surface area contributed by atoms with Crippen molar-refractivity contribution in [3.8, 4) is 0 Å². The summed E-state index contributed by atoms with van der Waals surface area (Å²) in [4.78, 5) is 0. The predicted octanol–water partition coefficient (Wildman–Crippen LogP) is -0.223. The van der Waals surface area contributed by atoms with Crippen LogP contribution in [0.1, 0.15) is 6.42 Å². The van der Waals surface area contributed by atoms with Crippen LogP contribution in [0, 0.1) is 0 Å². The standard InChI is InChI=1S/C6H13NO2.ClH/c1-9-4-5-2-6(8)3-7-5;/h5-8H,2-4H2,1H3;1H/t5-,6+;/m0./s1. The molecule has 0 aliphatic carbocycles. The summed E-state index contributed by atoms with van der Waals surface area (Å²) in [6.07, 6.45) is 0.665. The van der Waals surface area contributed by atoms with Crippen molar-refractivity contribution in [1.29, 1.82) is 0 Å². The Kier molecular flexibility index (Phi) is 4.99. The summed E-state index contributed by atoms with van der Waals surface area (Å²) in [5, 5.41) is 12.1. The van der Waals surface area contributed by atoms with Crippen LogP contribution >= 0.6 is 12.4 Å². The fourth-order valence-electron chi connectivity index (χ4n) is 1.13. The van der Waals surface area contributed by atoms with Crippen LogP contribution in [-0.4, -0.2) is 37.5 Å². The molecule has 0 spiro atoms. The van der Waals surface area contributed by atoms with Crippen molar-refractivity contribution in [3.05, 3.63) is 0 Å². The number of rotatable bonds is 2. The largest absolute Gasteiger partial charge is 0.392 e. The van der Waals surface area contributed by atoms with Crippen LogP contribution in [0.2, 0.25) is 0 Å². The molecule has 0 unspecified atom stereocenters. The Morgan fingerprint density at radius 3 is 2.80 bits per heavy atom. The number of methoxy groups -OCH3 is 1. The number of nitrogens with one attached hydrogen (secondary N) is 1. The lowest BCUT2D eigenvalue weighted by atomic mass is 10.2. The van der Waals surface area contributed by atoms with Crippen LogP contribution in [0.25, 0.3) is 0 Å². The van der Waals surface area contributed by atoms with Gasteiger partial charge >= 0.3 is 0 Å². The van der Waals surface area contributed by atoms with E-state index in [-0.39, 0.29) is 18.5 Å². The minimum absolute atomic E-state index is 0. The minimum atomic E-state index is -0.162. The zero-order chi connectivity index (χ0) is 6.69. The molecule has 4 heteroatoms. The van der Waals surface area contributed by atoms with Crippen molar-refractivity contribution in [3.63, 3.8) is 0 Å². The second-order valence-corrected chi connectivity index (χ2v) is 2.45. The third-order valence-electron chi connectivity index (χ3n) is 1.57. The molecule has 0 aromatic rings. The molecule has 1 aliphatic rings. The first kappa shape index (κ1) is 10.2. The van der Waals surface area contributed by atoms with Gasteiger partial charge in [-0.2, -0.15) is 0 Å². The van der Waals surface area contributed by atoms with Gasteiger partial charge in [-0.05, 0) is 6.42 Å². The minimum Gasteiger partial charge on any atom is -0.392 e. The van der Waals surface area contributed by atoms with Gasteiger partial charge in [0.1, 0.15) is 0 Å². The molecule has 3 nitrogen and oxygen atoms in total. The molecular weight excluding hydrogens is 154 g/mol. The molecule has 1 saturated heterocycles. The van der Waals surface area contributed by atoms with Gasteiger partial charge in [0.25, 0.3) is 0 Å². The lowest BCUT2D eigenvalue weighted by molar-refractivity contribution is 0.157. The summed E-state index contributed by atoms with van der Waals surface area (Å²) < 4.78 is 4.90. The van der Waals surface area contributed by atoms with Crippen LogP contribution in [0.15, 0.2) is 0 Å². The Morgan fingerprint density at radius 1 is 1.70 bits per heavy atom. The van der Waals surface area contributed by atoms with E-state index in [1.54, 1.807) is 7.11 Å². The predicted molar refractivity (Wildman–Crippen MR) is 41.5 cm³/mol. The monoisotopic (exact) mass is 167 g/mol. The molecule has 0 saturated carbocycles. The van der Waals surface area contributed by atoms with E-state index < -0.39 is 0 Å². The van der Waals surface area contributed by atoms with Gasteiger partial charge in [-0.1, -0.05) is 0 Å². The molecule has 0 amide bonds. The number of aliphatic hydroxyl groups is 1. The highest BCUT2D eigenvalue weighted by atomic mass is 35.5. The molecule has 0 bridgehead atoms. The van der Waals surface area contributed by atoms with Gasteiger partial charge in [0.2, 0.25) is 0 Å². The van der Waals surface area contributed by atoms with E-state index in [1.807, 2.05) is 0 Å². The van der Waals surface area contributed by atoms with Crippen LogP contribution in [-0.2, 0) is 4.74 Å². The highest BCUT2D eigenvalue weighted by Crippen LogP contribution is 2.05. The fraction of sp³-hybridized carbons (Fsp3) is 1.00. The van der Waals surface area contributed by atoms with Crippen molar-refractivity contribution >= 4 is 12.4 Å². The maximum Gasteiger partial charge on any atom is 0.0680 e. The fourth-order valence-corrected chi connectivity index (χ4v) is 1.13. The van der Waals surface area contributed by atoms with E-state index >= 15 is 0 Å². The zero-order valence-corrected chi connectivity index (χ0v) is 6.86. The first-order valence-corrected chi connectivity index (χ1v) is 3.23. The van der Waals surface area contributed by atoms with Crippen LogP contribution in [0.3, 0.4) is 0 Å². The summed E-state index contributed by atoms with van der Waals surface area (Å²) in [7, 11) is 1.67. The molecule has 0 aromatic carbocycles. The summed E-state index contributed by atoms with van der Waals surface area (Å²) in [5.74, 6) is 0. The smallest absolute Gasteiger partial charge is 0.0680 e. The number of β-amino-alcohol motifs (C(OH)–C–C–N with tert-alkyl or cyclic N) is 1.